The highest BCUT2D eigenvalue weighted by Gasteiger charge is 2.35. The molecule has 0 saturated carbocycles. The number of allylic oxidation sites excluding steroid dienone is 1. The van der Waals surface area contributed by atoms with Gasteiger partial charge < -0.3 is 9.47 Å². The molecule has 94 valence electrons. The Balaban J connectivity index is 3.09. The van der Waals surface area contributed by atoms with Crippen LogP contribution in [-0.2, 0) is 23.9 Å². The van der Waals surface area contributed by atoms with Gasteiger partial charge in [0.05, 0.1) is 19.8 Å². The molecule has 0 heterocycles. The zero-order chi connectivity index (χ0) is 12.8. The summed E-state index contributed by atoms with van der Waals surface area (Å²) in [6.07, 6.45) is 4.08. The Kier molecular flexibility index (Phi) is 4.87. The van der Waals surface area contributed by atoms with Crippen molar-refractivity contribution in [3.05, 3.63) is 11.6 Å². The summed E-state index contributed by atoms with van der Waals surface area (Å²) in [5.41, 5.74) is 0.101. The van der Waals surface area contributed by atoms with Crippen molar-refractivity contribution in [3.8, 4) is 0 Å². The largest absolute Gasteiger partial charge is 0.468 e. The highest BCUT2D eigenvalue weighted by atomic mass is 16.5. The first-order valence-corrected chi connectivity index (χ1v) is 5.50. The van der Waals surface area contributed by atoms with Gasteiger partial charge in [0, 0.05) is 6.42 Å². The molecule has 0 bridgehead atoms. The summed E-state index contributed by atoms with van der Waals surface area (Å²) < 4.78 is 9.17. The third kappa shape index (κ3) is 3.15. The zero-order valence-corrected chi connectivity index (χ0v) is 10.0. The molecule has 5 heteroatoms. The van der Waals surface area contributed by atoms with E-state index in [0.29, 0.717) is 6.42 Å². The number of carbonyl (C=O) groups excluding carboxylic acids is 3. The van der Waals surface area contributed by atoms with E-state index in [2.05, 4.69) is 9.47 Å². The number of hydrogen-bond acceptors (Lipinski definition) is 5. The SMILES string of the molecule is COC(=O)/C1=C\CCCCC(=O)[C@@H]1C(=O)OC. The Hall–Kier alpha value is -1.65. The van der Waals surface area contributed by atoms with Gasteiger partial charge in [0.25, 0.3) is 0 Å². The van der Waals surface area contributed by atoms with Crippen LogP contribution in [0.15, 0.2) is 11.6 Å². The molecule has 0 radical (unpaired) electrons. The smallest absolute Gasteiger partial charge is 0.334 e. The topological polar surface area (TPSA) is 69.7 Å². The normalized spacial score (nSPS) is 24.0. The molecule has 1 rings (SSSR count). The molecule has 1 aliphatic carbocycles. The van der Waals surface area contributed by atoms with Gasteiger partial charge >= 0.3 is 11.9 Å². The van der Waals surface area contributed by atoms with E-state index < -0.39 is 17.9 Å². The number of ether oxygens (including phenoxy) is 2. The lowest BCUT2D eigenvalue weighted by Crippen LogP contribution is -2.31. The minimum atomic E-state index is -1.13. The van der Waals surface area contributed by atoms with E-state index in [1.807, 2.05) is 0 Å². The van der Waals surface area contributed by atoms with Gasteiger partial charge in [0.1, 0.15) is 5.92 Å². The van der Waals surface area contributed by atoms with E-state index in [-0.39, 0.29) is 17.8 Å². The fourth-order valence-electron chi connectivity index (χ4n) is 1.83. The summed E-state index contributed by atoms with van der Waals surface area (Å²) in [5, 5.41) is 0. The molecule has 0 aromatic carbocycles. The van der Waals surface area contributed by atoms with Gasteiger partial charge in [-0.3, -0.25) is 9.59 Å². The van der Waals surface area contributed by atoms with Gasteiger partial charge in [-0.25, -0.2) is 4.79 Å². The maximum absolute atomic E-state index is 11.8. The lowest BCUT2D eigenvalue weighted by molar-refractivity contribution is -0.151. The molecule has 1 atom stereocenters. The van der Waals surface area contributed by atoms with Gasteiger partial charge in [-0.15, -0.1) is 0 Å². The number of ketones is 1. The molecule has 0 aromatic heterocycles. The summed E-state index contributed by atoms with van der Waals surface area (Å²) >= 11 is 0. The maximum Gasteiger partial charge on any atom is 0.334 e. The first-order chi connectivity index (χ1) is 8.11. The number of esters is 2. The Morgan fingerprint density at radius 1 is 1.24 bits per heavy atom. The number of carbonyl (C=O) groups is 3. The molecule has 0 fully saturated rings. The van der Waals surface area contributed by atoms with Crippen molar-refractivity contribution in [1.29, 1.82) is 0 Å². The summed E-state index contributed by atoms with van der Waals surface area (Å²) in [6, 6.07) is 0. The Morgan fingerprint density at radius 2 is 1.94 bits per heavy atom. The van der Waals surface area contributed by atoms with Crippen LogP contribution in [0.5, 0.6) is 0 Å². The van der Waals surface area contributed by atoms with Crippen LogP contribution >= 0.6 is 0 Å². The Labute approximate surface area is 99.8 Å². The van der Waals surface area contributed by atoms with Crippen molar-refractivity contribution in [2.75, 3.05) is 14.2 Å². The van der Waals surface area contributed by atoms with Crippen LogP contribution < -0.4 is 0 Å². The molecule has 0 aromatic rings. The number of hydrogen-bond donors (Lipinski definition) is 0. The van der Waals surface area contributed by atoms with Crippen molar-refractivity contribution in [2.45, 2.75) is 25.7 Å². The van der Waals surface area contributed by atoms with Crippen molar-refractivity contribution in [3.63, 3.8) is 0 Å². The predicted octanol–water partition coefficient (Wildman–Crippen LogP) is 1.02. The molecular formula is C12H16O5. The predicted molar refractivity (Wildman–Crippen MR) is 59.1 cm³/mol. The van der Waals surface area contributed by atoms with E-state index in [4.69, 9.17) is 0 Å². The maximum atomic E-state index is 11.8. The second kappa shape index (κ2) is 6.18. The lowest BCUT2D eigenvalue weighted by Gasteiger charge is -2.17. The fraction of sp³-hybridized carbons (Fsp3) is 0.583. The molecule has 0 amide bonds. The van der Waals surface area contributed by atoms with E-state index in [9.17, 15) is 14.4 Å². The van der Waals surface area contributed by atoms with E-state index in [1.54, 1.807) is 6.08 Å². The van der Waals surface area contributed by atoms with E-state index in [1.165, 1.54) is 14.2 Å². The van der Waals surface area contributed by atoms with Gasteiger partial charge in [-0.05, 0) is 19.3 Å². The standard InChI is InChI=1S/C12H16O5/c1-16-11(14)8-6-4-3-5-7-9(13)10(8)12(15)17-2/h6,10H,3-5,7H2,1-2H3/b8-6-/t10-/m1/s1. The second-order valence-corrected chi connectivity index (χ2v) is 3.82. The first-order valence-electron chi connectivity index (χ1n) is 5.50. The molecule has 5 nitrogen and oxygen atoms in total. The lowest BCUT2D eigenvalue weighted by atomic mass is 9.88. The van der Waals surface area contributed by atoms with Crippen molar-refractivity contribution >= 4 is 17.7 Å². The molecule has 0 saturated heterocycles. The number of methoxy groups -OCH3 is 2. The van der Waals surface area contributed by atoms with Gasteiger partial charge in [0.2, 0.25) is 0 Å². The number of rotatable bonds is 2. The van der Waals surface area contributed by atoms with Crippen LogP contribution in [0.1, 0.15) is 25.7 Å². The van der Waals surface area contributed by atoms with Crippen molar-refractivity contribution in [1.82, 2.24) is 0 Å². The minimum absolute atomic E-state index is 0.101. The van der Waals surface area contributed by atoms with E-state index in [0.717, 1.165) is 12.8 Å². The van der Waals surface area contributed by atoms with E-state index >= 15 is 0 Å². The van der Waals surface area contributed by atoms with Gasteiger partial charge in [-0.2, -0.15) is 0 Å². The monoisotopic (exact) mass is 240 g/mol. The van der Waals surface area contributed by atoms with Crippen LogP contribution in [0.3, 0.4) is 0 Å². The van der Waals surface area contributed by atoms with Gasteiger partial charge in [-0.1, -0.05) is 6.08 Å². The molecule has 0 N–H and O–H groups in total. The molecule has 0 spiro atoms. The Bertz CT molecular complexity index is 356. The zero-order valence-electron chi connectivity index (χ0n) is 10.0. The number of Topliss-reactive ketones (excluding diaryl/α,β-unsaturated/α-hetero) is 1. The highest BCUT2D eigenvalue weighted by molar-refractivity contribution is 6.09. The summed E-state index contributed by atoms with van der Waals surface area (Å²) in [5.74, 6) is -2.76. The molecule has 0 aliphatic heterocycles. The minimum Gasteiger partial charge on any atom is -0.468 e. The molecule has 1 aliphatic rings. The van der Waals surface area contributed by atoms with Crippen LogP contribution in [0, 0.1) is 5.92 Å². The summed E-state index contributed by atoms with van der Waals surface area (Å²) in [6.45, 7) is 0. The van der Waals surface area contributed by atoms with Crippen molar-refractivity contribution in [2.24, 2.45) is 5.92 Å². The molecule has 17 heavy (non-hydrogen) atoms. The van der Waals surface area contributed by atoms with Crippen LogP contribution in [0.2, 0.25) is 0 Å². The van der Waals surface area contributed by atoms with Crippen molar-refractivity contribution < 1.29 is 23.9 Å². The first kappa shape index (κ1) is 13.4. The third-order valence-electron chi connectivity index (χ3n) is 2.73. The average Bonchev–Trinajstić information content (AvgIpc) is 2.32. The van der Waals surface area contributed by atoms with Crippen LogP contribution in [-0.4, -0.2) is 31.9 Å². The Morgan fingerprint density at radius 3 is 2.53 bits per heavy atom. The average molecular weight is 240 g/mol. The highest BCUT2D eigenvalue weighted by Crippen LogP contribution is 2.23. The van der Waals surface area contributed by atoms with Crippen LogP contribution in [0.25, 0.3) is 0 Å². The molecule has 0 unspecified atom stereocenters. The third-order valence-corrected chi connectivity index (χ3v) is 2.73. The van der Waals surface area contributed by atoms with Crippen LogP contribution in [0.4, 0.5) is 0 Å². The summed E-state index contributed by atoms with van der Waals surface area (Å²) in [4.78, 5) is 35.0. The molecular weight excluding hydrogens is 224 g/mol. The quantitative estimate of drug-likeness (QED) is 0.532. The second-order valence-electron chi connectivity index (χ2n) is 3.82. The van der Waals surface area contributed by atoms with Gasteiger partial charge in [0.15, 0.2) is 5.78 Å². The summed E-state index contributed by atoms with van der Waals surface area (Å²) in [7, 11) is 2.42. The fourth-order valence-corrected chi connectivity index (χ4v) is 1.83.